The van der Waals surface area contributed by atoms with Gasteiger partial charge in [-0.25, -0.2) is 4.98 Å². The number of hydrogen-bond donors (Lipinski definition) is 0. The predicted octanol–water partition coefficient (Wildman–Crippen LogP) is 6.11. The van der Waals surface area contributed by atoms with Crippen LogP contribution >= 0.6 is 22.9 Å². The normalized spacial score (nSPS) is 13.4. The lowest BCUT2D eigenvalue weighted by Gasteiger charge is -2.31. The molecular formula is C23H20ClN3O2S. The van der Waals surface area contributed by atoms with Crippen molar-refractivity contribution in [2.24, 2.45) is 0 Å². The van der Waals surface area contributed by atoms with Gasteiger partial charge in [0.2, 0.25) is 5.28 Å². The number of ether oxygens (including phenoxy) is 2. The largest absolute Gasteiger partial charge is 0.493 e. The fraction of sp³-hybridized carbons (Fsp3) is 0.217. The van der Waals surface area contributed by atoms with Gasteiger partial charge < -0.3 is 14.4 Å². The number of aryl methyl sites for hydroxylation is 1. The summed E-state index contributed by atoms with van der Waals surface area (Å²) in [4.78, 5) is 12.3. The van der Waals surface area contributed by atoms with Gasteiger partial charge in [0.05, 0.1) is 19.6 Å². The first-order valence-corrected chi connectivity index (χ1v) is 11.0. The quantitative estimate of drug-likeness (QED) is 0.360. The number of hydrogen-bond acceptors (Lipinski definition) is 6. The molecule has 2 aromatic heterocycles. The van der Waals surface area contributed by atoms with E-state index in [0.29, 0.717) is 11.5 Å². The van der Waals surface area contributed by atoms with E-state index in [1.54, 1.807) is 25.6 Å². The second kappa shape index (κ2) is 7.78. The van der Waals surface area contributed by atoms with E-state index in [9.17, 15) is 0 Å². The molecule has 0 saturated heterocycles. The first-order chi connectivity index (χ1) is 14.7. The molecule has 3 heterocycles. The molecule has 7 heteroatoms. The molecule has 0 fully saturated rings. The molecule has 2 aromatic carbocycles. The van der Waals surface area contributed by atoms with Crippen molar-refractivity contribution in [2.45, 2.75) is 12.8 Å². The van der Waals surface area contributed by atoms with Crippen LogP contribution in [0.2, 0.25) is 5.28 Å². The molecule has 5 nitrogen and oxygen atoms in total. The van der Waals surface area contributed by atoms with Gasteiger partial charge in [-0.05, 0) is 53.8 Å². The van der Waals surface area contributed by atoms with Crippen molar-refractivity contribution in [1.29, 1.82) is 0 Å². The highest BCUT2D eigenvalue weighted by Crippen LogP contribution is 2.44. The molecule has 0 N–H and O–H groups in total. The summed E-state index contributed by atoms with van der Waals surface area (Å²) in [5.74, 6) is 2.24. The van der Waals surface area contributed by atoms with Crippen molar-refractivity contribution in [2.75, 3.05) is 25.7 Å². The van der Waals surface area contributed by atoms with Crippen LogP contribution in [-0.2, 0) is 6.42 Å². The SMILES string of the molecule is COc1ccc(-c2csc3nc(Cl)nc(N4CCCc5ccccc54)c23)cc1OC. The Labute approximate surface area is 183 Å². The number of rotatable bonds is 4. The van der Waals surface area contributed by atoms with Crippen LogP contribution in [0.3, 0.4) is 0 Å². The average Bonchev–Trinajstić information content (AvgIpc) is 3.21. The average molecular weight is 438 g/mol. The van der Waals surface area contributed by atoms with Crippen LogP contribution in [0.15, 0.2) is 47.8 Å². The number of para-hydroxylation sites is 1. The molecule has 30 heavy (non-hydrogen) atoms. The highest BCUT2D eigenvalue weighted by Gasteiger charge is 2.24. The fourth-order valence-corrected chi connectivity index (χ4v) is 5.22. The van der Waals surface area contributed by atoms with Gasteiger partial charge in [-0.15, -0.1) is 11.3 Å². The Balaban J connectivity index is 1.73. The molecular weight excluding hydrogens is 418 g/mol. The summed E-state index contributed by atoms with van der Waals surface area (Å²) in [6.45, 7) is 0.890. The van der Waals surface area contributed by atoms with Crippen LogP contribution in [0.25, 0.3) is 21.3 Å². The molecule has 0 radical (unpaired) electrons. The minimum Gasteiger partial charge on any atom is -0.493 e. The minimum absolute atomic E-state index is 0.265. The van der Waals surface area contributed by atoms with Gasteiger partial charge in [0.1, 0.15) is 10.6 Å². The van der Waals surface area contributed by atoms with E-state index in [-0.39, 0.29) is 5.28 Å². The molecule has 0 saturated carbocycles. The van der Waals surface area contributed by atoms with Gasteiger partial charge in [0.15, 0.2) is 11.5 Å². The van der Waals surface area contributed by atoms with Crippen LogP contribution < -0.4 is 14.4 Å². The molecule has 0 amide bonds. The lowest BCUT2D eigenvalue weighted by atomic mass is 10.0. The van der Waals surface area contributed by atoms with Crippen LogP contribution in [0.5, 0.6) is 11.5 Å². The predicted molar refractivity (Wildman–Crippen MR) is 123 cm³/mol. The third-order valence-electron chi connectivity index (χ3n) is 5.45. The van der Waals surface area contributed by atoms with Crippen LogP contribution in [-0.4, -0.2) is 30.7 Å². The highest BCUT2D eigenvalue weighted by atomic mass is 35.5. The van der Waals surface area contributed by atoms with E-state index in [0.717, 1.165) is 46.5 Å². The van der Waals surface area contributed by atoms with Crippen molar-refractivity contribution in [3.63, 3.8) is 0 Å². The lowest BCUT2D eigenvalue weighted by Crippen LogP contribution is -2.25. The first-order valence-electron chi connectivity index (χ1n) is 9.72. The molecule has 4 aromatic rings. The summed E-state index contributed by atoms with van der Waals surface area (Å²) in [5, 5.41) is 3.38. The number of nitrogens with zero attached hydrogens (tertiary/aromatic N) is 3. The Morgan fingerprint density at radius 3 is 2.70 bits per heavy atom. The number of thiophene rings is 1. The number of benzene rings is 2. The van der Waals surface area contributed by atoms with E-state index in [1.807, 2.05) is 18.2 Å². The minimum atomic E-state index is 0.265. The third kappa shape index (κ3) is 3.16. The molecule has 0 bridgehead atoms. The van der Waals surface area contributed by atoms with Gasteiger partial charge in [-0.3, -0.25) is 0 Å². The second-order valence-corrected chi connectivity index (χ2v) is 8.30. The number of halogens is 1. The van der Waals surface area contributed by atoms with Crippen molar-refractivity contribution in [3.05, 3.63) is 58.7 Å². The number of anilines is 2. The zero-order valence-electron chi connectivity index (χ0n) is 16.7. The van der Waals surface area contributed by atoms with Crippen molar-refractivity contribution < 1.29 is 9.47 Å². The summed E-state index contributed by atoms with van der Waals surface area (Å²) in [7, 11) is 3.28. The van der Waals surface area contributed by atoms with Gasteiger partial charge in [-0.1, -0.05) is 24.3 Å². The Morgan fingerprint density at radius 1 is 1.03 bits per heavy atom. The van der Waals surface area contributed by atoms with E-state index in [1.165, 1.54) is 11.3 Å². The fourth-order valence-electron chi connectivity index (χ4n) is 4.06. The third-order valence-corrected chi connectivity index (χ3v) is 6.49. The maximum Gasteiger partial charge on any atom is 0.225 e. The van der Waals surface area contributed by atoms with Crippen LogP contribution in [0.4, 0.5) is 11.5 Å². The maximum absolute atomic E-state index is 6.33. The van der Waals surface area contributed by atoms with Gasteiger partial charge in [0.25, 0.3) is 0 Å². The first kappa shape index (κ1) is 19.2. The van der Waals surface area contributed by atoms with Gasteiger partial charge in [-0.2, -0.15) is 4.98 Å². The summed E-state index contributed by atoms with van der Waals surface area (Å²) in [6, 6.07) is 14.4. The molecule has 0 spiro atoms. The highest BCUT2D eigenvalue weighted by molar-refractivity contribution is 7.17. The van der Waals surface area contributed by atoms with Crippen molar-refractivity contribution in [3.8, 4) is 22.6 Å². The lowest BCUT2D eigenvalue weighted by molar-refractivity contribution is 0.355. The number of methoxy groups -OCH3 is 2. The Bertz CT molecular complexity index is 1240. The molecule has 1 aliphatic heterocycles. The summed E-state index contributed by atoms with van der Waals surface area (Å²) >= 11 is 7.91. The zero-order chi connectivity index (χ0) is 20.7. The molecule has 1 aliphatic rings. The van der Waals surface area contributed by atoms with Crippen LogP contribution in [0.1, 0.15) is 12.0 Å². The van der Waals surface area contributed by atoms with E-state index in [4.69, 9.17) is 21.1 Å². The Morgan fingerprint density at radius 2 is 1.87 bits per heavy atom. The van der Waals surface area contributed by atoms with E-state index in [2.05, 4.69) is 44.5 Å². The monoisotopic (exact) mass is 437 g/mol. The second-order valence-electron chi connectivity index (χ2n) is 7.10. The number of fused-ring (bicyclic) bond motifs is 2. The van der Waals surface area contributed by atoms with E-state index >= 15 is 0 Å². The Kier molecular flexibility index (Phi) is 4.97. The molecule has 0 atom stereocenters. The number of aromatic nitrogens is 2. The summed E-state index contributed by atoms with van der Waals surface area (Å²) in [5.41, 5.74) is 4.60. The van der Waals surface area contributed by atoms with Gasteiger partial charge >= 0.3 is 0 Å². The molecule has 0 aliphatic carbocycles. The maximum atomic E-state index is 6.33. The zero-order valence-corrected chi connectivity index (χ0v) is 18.3. The summed E-state index contributed by atoms with van der Waals surface area (Å²) in [6.07, 6.45) is 2.14. The van der Waals surface area contributed by atoms with E-state index < -0.39 is 0 Å². The smallest absolute Gasteiger partial charge is 0.225 e. The van der Waals surface area contributed by atoms with Crippen molar-refractivity contribution in [1.82, 2.24) is 9.97 Å². The molecule has 152 valence electrons. The summed E-state index contributed by atoms with van der Waals surface area (Å²) < 4.78 is 10.9. The Hall–Kier alpha value is -2.83. The molecule has 5 rings (SSSR count). The topological polar surface area (TPSA) is 47.5 Å². The molecule has 0 unspecified atom stereocenters. The standard InChI is InChI=1S/C23H20ClN3O2S/c1-28-18-10-9-15(12-19(18)29-2)16-13-30-22-20(16)21(25-23(24)26-22)27-11-5-7-14-6-3-4-8-17(14)27/h3-4,6,8-10,12-13H,5,7,11H2,1-2H3. The van der Waals surface area contributed by atoms with Crippen molar-refractivity contribution >= 4 is 44.7 Å². The van der Waals surface area contributed by atoms with Gasteiger partial charge in [0, 0.05) is 23.2 Å². The van der Waals surface area contributed by atoms with Crippen LogP contribution in [0, 0.1) is 0 Å².